The Balaban J connectivity index is 0.00000225. The molecule has 3 nitrogen and oxygen atoms in total. The van der Waals surface area contributed by atoms with Crippen LogP contribution in [0.4, 0.5) is 0 Å². The third kappa shape index (κ3) is 4.18. The Hall–Kier alpha value is -2.85. The molecule has 0 aliphatic rings. The lowest BCUT2D eigenvalue weighted by atomic mass is 10.0. The van der Waals surface area contributed by atoms with Gasteiger partial charge in [0.2, 0.25) is 5.78 Å². The average Bonchev–Trinajstić information content (AvgIpc) is 2.68. The number of benzene rings is 3. The van der Waals surface area contributed by atoms with E-state index in [4.69, 9.17) is 0 Å². The van der Waals surface area contributed by atoms with Crippen LogP contribution in [0, 0.1) is 13.8 Å². The Morgan fingerprint density at radius 3 is 2.43 bits per heavy atom. The number of ketones is 1. The highest BCUT2D eigenvalue weighted by atomic mass is 79.9. The maximum Gasteiger partial charge on any atom is 0.287 e. The second kappa shape index (κ2) is 8.44. The van der Waals surface area contributed by atoms with Crippen molar-refractivity contribution in [3.05, 3.63) is 95.9 Å². The van der Waals surface area contributed by atoms with Crippen molar-refractivity contribution < 1.29 is 9.36 Å². The summed E-state index contributed by atoms with van der Waals surface area (Å²) in [7, 11) is 0. The van der Waals surface area contributed by atoms with Gasteiger partial charge in [-0.2, -0.15) is 0 Å². The summed E-state index contributed by atoms with van der Waals surface area (Å²) in [5.74, 6) is 0.0758. The summed E-state index contributed by atoms with van der Waals surface area (Å²) in [5.41, 5.74) is 5.20. The molecule has 0 radical (unpaired) electrons. The molecule has 1 aromatic heterocycles. The van der Waals surface area contributed by atoms with Gasteiger partial charge in [0, 0.05) is 17.2 Å². The normalized spacial score (nSPS) is 10.5. The van der Waals surface area contributed by atoms with Gasteiger partial charge in [-0.1, -0.05) is 60.2 Å². The third-order valence-corrected chi connectivity index (χ3v) is 4.82. The number of nitrogens with zero attached hydrogens (tertiary/aromatic N) is 2. The van der Waals surface area contributed by atoms with Crippen LogP contribution in [-0.4, -0.2) is 10.8 Å². The number of hydrogen-bond donors (Lipinski definition) is 0. The van der Waals surface area contributed by atoms with E-state index in [1.165, 1.54) is 11.1 Å². The number of carbonyl (C=O) groups is 1. The number of aryl methyl sites for hydroxylation is 2. The second-order valence-corrected chi connectivity index (χ2v) is 6.92. The molecule has 0 fully saturated rings. The first kappa shape index (κ1) is 19.9. The molecule has 0 atom stereocenters. The van der Waals surface area contributed by atoms with Gasteiger partial charge in [0.25, 0.3) is 6.33 Å². The van der Waals surface area contributed by atoms with Gasteiger partial charge in [0.1, 0.15) is 0 Å². The molecule has 1 heterocycles. The molecule has 28 heavy (non-hydrogen) atoms. The standard InChI is InChI=1S/C24H21N2O.BrH/c1-17-7-10-22(18(2)13-17)23-11-12-26(16-25-23)15-24(27)21-9-8-19-5-3-4-6-20(19)14-21;/h3-14,16H,15H2,1-2H3;1H/q+1;. The van der Waals surface area contributed by atoms with Gasteiger partial charge in [-0.05, 0) is 41.2 Å². The number of aromatic nitrogens is 2. The predicted molar refractivity (Wildman–Crippen MR) is 118 cm³/mol. The monoisotopic (exact) mass is 433 g/mol. The van der Waals surface area contributed by atoms with Crippen molar-refractivity contribution in [1.82, 2.24) is 4.98 Å². The third-order valence-electron chi connectivity index (χ3n) is 4.82. The Labute approximate surface area is 175 Å². The summed E-state index contributed by atoms with van der Waals surface area (Å²) in [6.45, 7) is 4.45. The van der Waals surface area contributed by atoms with E-state index in [9.17, 15) is 4.79 Å². The first-order valence-electron chi connectivity index (χ1n) is 9.05. The van der Waals surface area contributed by atoms with Crippen LogP contribution >= 0.6 is 17.0 Å². The summed E-state index contributed by atoms with van der Waals surface area (Å²) >= 11 is 0. The molecule has 4 rings (SSSR count). The van der Waals surface area contributed by atoms with Crippen LogP contribution < -0.4 is 4.57 Å². The lowest BCUT2D eigenvalue weighted by Gasteiger charge is -2.04. The van der Waals surface area contributed by atoms with E-state index in [1.54, 1.807) is 6.33 Å². The Morgan fingerprint density at radius 2 is 1.71 bits per heavy atom. The van der Waals surface area contributed by atoms with Crippen LogP contribution in [0.2, 0.25) is 0 Å². The van der Waals surface area contributed by atoms with Crippen molar-refractivity contribution in [2.45, 2.75) is 20.4 Å². The smallest absolute Gasteiger partial charge is 0.287 e. The molecule has 0 spiro atoms. The zero-order chi connectivity index (χ0) is 18.8. The number of Topliss-reactive ketones (excluding diaryl/α,β-unsaturated/α-hetero) is 1. The highest BCUT2D eigenvalue weighted by molar-refractivity contribution is 8.93. The topological polar surface area (TPSA) is 33.8 Å². The Morgan fingerprint density at radius 1 is 0.929 bits per heavy atom. The number of carbonyl (C=O) groups excluding carboxylic acids is 1. The lowest BCUT2D eigenvalue weighted by Crippen LogP contribution is -2.37. The van der Waals surface area contributed by atoms with E-state index < -0.39 is 0 Å². The fraction of sp³-hybridized carbons (Fsp3) is 0.125. The molecule has 4 aromatic rings. The molecule has 0 aliphatic carbocycles. The molecule has 3 aromatic carbocycles. The summed E-state index contributed by atoms with van der Waals surface area (Å²) in [4.78, 5) is 17.2. The fourth-order valence-corrected chi connectivity index (χ4v) is 3.36. The maximum atomic E-state index is 12.7. The van der Waals surface area contributed by atoms with Crippen LogP contribution in [-0.2, 0) is 6.54 Å². The van der Waals surface area contributed by atoms with E-state index in [2.05, 4.69) is 37.0 Å². The van der Waals surface area contributed by atoms with Crippen molar-refractivity contribution in [3.63, 3.8) is 0 Å². The van der Waals surface area contributed by atoms with Crippen LogP contribution in [0.3, 0.4) is 0 Å². The fourth-order valence-electron chi connectivity index (χ4n) is 3.36. The molecule has 0 aliphatic heterocycles. The molecule has 0 saturated carbocycles. The molecule has 0 amide bonds. The van der Waals surface area contributed by atoms with E-state index in [0.717, 1.165) is 27.6 Å². The lowest BCUT2D eigenvalue weighted by molar-refractivity contribution is -0.686. The van der Waals surface area contributed by atoms with Gasteiger partial charge in [-0.15, -0.1) is 17.0 Å². The van der Waals surface area contributed by atoms with Gasteiger partial charge in [0.05, 0.1) is 6.20 Å². The zero-order valence-electron chi connectivity index (χ0n) is 15.9. The van der Waals surface area contributed by atoms with Gasteiger partial charge >= 0.3 is 0 Å². The molecule has 140 valence electrons. The molecule has 0 saturated heterocycles. The zero-order valence-corrected chi connectivity index (χ0v) is 17.6. The minimum Gasteiger partial charge on any atom is -0.290 e. The van der Waals surface area contributed by atoms with Gasteiger partial charge in [0.15, 0.2) is 12.2 Å². The quantitative estimate of drug-likeness (QED) is 0.324. The first-order valence-corrected chi connectivity index (χ1v) is 9.05. The minimum absolute atomic E-state index is 0. The predicted octanol–water partition coefficient (Wildman–Crippen LogP) is 5.27. The van der Waals surface area contributed by atoms with Crippen molar-refractivity contribution in [3.8, 4) is 11.3 Å². The Bertz CT molecular complexity index is 1140. The van der Waals surface area contributed by atoms with E-state index in [-0.39, 0.29) is 29.3 Å². The number of halogens is 1. The molecular weight excluding hydrogens is 412 g/mol. The molecular formula is C24H22BrN2O+. The SMILES string of the molecule is Br.Cc1ccc(-c2cc[n+](CC(=O)c3ccc4ccccc4c3)cn2)c(C)c1. The molecule has 4 heteroatoms. The van der Waals surface area contributed by atoms with E-state index in [1.807, 2.05) is 59.3 Å². The average molecular weight is 434 g/mol. The van der Waals surface area contributed by atoms with E-state index >= 15 is 0 Å². The van der Waals surface area contributed by atoms with Crippen molar-refractivity contribution in [2.24, 2.45) is 0 Å². The van der Waals surface area contributed by atoms with Gasteiger partial charge in [-0.25, -0.2) is 4.57 Å². The van der Waals surface area contributed by atoms with Crippen molar-refractivity contribution >= 4 is 33.5 Å². The number of fused-ring (bicyclic) bond motifs is 1. The highest BCUT2D eigenvalue weighted by Crippen LogP contribution is 2.21. The van der Waals surface area contributed by atoms with Crippen LogP contribution in [0.1, 0.15) is 21.5 Å². The van der Waals surface area contributed by atoms with Gasteiger partial charge in [-0.3, -0.25) is 4.79 Å². The summed E-state index contributed by atoms with van der Waals surface area (Å²) < 4.78 is 1.82. The number of rotatable bonds is 4. The molecule has 0 bridgehead atoms. The molecule has 0 N–H and O–H groups in total. The number of hydrogen-bond acceptors (Lipinski definition) is 2. The Kier molecular flexibility index (Phi) is 6.00. The van der Waals surface area contributed by atoms with E-state index in [0.29, 0.717) is 0 Å². The van der Waals surface area contributed by atoms with Crippen molar-refractivity contribution in [1.29, 1.82) is 0 Å². The van der Waals surface area contributed by atoms with Crippen molar-refractivity contribution in [2.75, 3.05) is 0 Å². The highest BCUT2D eigenvalue weighted by Gasteiger charge is 2.13. The largest absolute Gasteiger partial charge is 0.290 e. The molecule has 0 unspecified atom stereocenters. The summed E-state index contributed by atoms with van der Waals surface area (Å²) in [6, 6.07) is 22.2. The summed E-state index contributed by atoms with van der Waals surface area (Å²) in [6.07, 6.45) is 3.65. The maximum absolute atomic E-state index is 12.7. The van der Waals surface area contributed by atoms with Gasteiger partial charge < -0.3 is 0 Å². The second-order valence-electron chi connectivity index (χ2n) is 6.92. The first-order chi connectivity index (χ1) is 13.1. The minimum atomic E-state index is 0. The van der Waals surface area contributed by atoms with Crippen LogP contribution in [0.25, 0.3) is 22.0 Å². The van der Waals surface area contributed by atoms with Crippen LogP contribution in [0.15, 0.2) is 79.3 Å². The van der Waals surface area contributed by atoms with Crippen LogP contribution in [0.5, 0.6) is 0 Å². The summed E-state index contributed by atoms with van der Waals surface area (Å²) in [5, 5.41) is 2.22.